The number of aliphatic imine (C=N–C) groups is 1. The first-order valence-corrected chi connectivity index (χ1v) is 11.0. The third-order valence-corrected chi connectivity index (χ3v) is 4.67. The van der Waals surface area contributed by atoms with Gasteiger partial charge >= 0.3 is 0 Å². The minimum absolute atomic E-state index is 0.0296. The van der Waals surface area contributed by atoms with Crippen LogP contribution in [0.5, 0.6) is 0 Å². The van der Waals surface area contributed by atoms with E-state index in [1.807, 2.05) is 50.2 Å². The molecule has 0 spiro atoms. The minimum atomic E-state index is -0.0296. The summed E-state index contributed by atoms with van der Waals surface area (Å²) in [5.41, 5.74) is 2.60. The SMILES string of the molecule is C1CCNC1.C=NCC1=CC2=C(C=CC1)OC(C)(C)CC2.CC.c1ccccc1. The van der Waals surface area contributed by atoms with Crippen LogP contribution in [0.1, 0.15) is 59.8 Å². The zero-order chi connectivity index (χ0) is 21.4. The topological polar surface area (TPSA) is 33.6 Å². The van der Waals surface area contributed by atoms with E-state index < -0.39 is 0 Å². The molecular formula is C26H40N2O. The van der Waals surface area contributed by atoms with Gasteiger partial charge < -0.3 is 10.1 Å². The van der Waals surface area contributed by atoms with Crippen molar-refractivity contribution in [1.82, 2.24) is 5.32 Å². The first-order chi connectivity index (χ1) is 14.1. The Bertz CT molecular complexity index is 618. The summed E-state index contributed by atoms with van der Waals surface area (Å²) < 4.78 is 5.99. The second-order valence-corrected chi connectivity index (χ2v) is 7.65. The highest BCUT2D eigenvalue weighted by Crippen LogP contribution is 2.34. The molecule has 3 aliphatic rings. The summed E-state index contributed by atoms with van der Waals surface area (Å²) in [5.74, 6) is 1.04. The lowest BCUT2D eigenvalue weighted by Gasteiger charge is -2.32. The van der Waals surface area contributed by atoms with Crippen LogP contribution >= 0.6 is 0 Å². The van der Waals surface area contributed by atoms with Gasteiger partial charge in [-0.25, -0.2) is 0 Å². The van der Waals surface area contributed by atoms with E-state index >= 15 is 0 Å². The Morgan fingerprint density at radius 2 is 1.62 bits per heavy atom. The Morgan fingerprint density at radius 1 is 1.03 bits per heavy atom. The van der Waals surface area contributed by atoms with Crippen LogP contribution in [0, 0.1) is 0 Å². The van der Waals surface area contributed by atoms with Gasteiger partial charge in [0.1, 0.15) is 11.4 Å². The summed E-state index contributed by atoms with van der Waals surface area (Å²) in [4.78, 5) is 3.95. The van der Waals surface area contributed by atoms with Crippen molar-refractivity contribution in [3.05, 3.63) is 71.5 Å². The van der Waals surface area contributed by atoms with E-state index in [-0.39, 0.29) is 5.60 Å². The van der Waals surface area contributed by atoms with Gasteiger partial charge in [0.25, 0.3) is 0 Å². The van der Waals surface area contributed by atoms with Crippen molar-refractivity contribution in [3.63, 3.8) is 0 Å². The van der Waals surface area contributed by atoms with Crippen LogP contribution in [0.25, 0.3) is 0 Å². The number of hydrogen-bond acceptors (Lipinski definition) is 3. The summed E-state index contributed by atoms with van der Waals surface area (Å²) in [6.45, 7) is 15.1. The highest BCUT2D eigenvalue weighted by molar-refractivity contribution is 5.38. The molecule has 0 aromatic heterocycles. The number of allylic oxidation sites excluding steroid dienone is 4. The average molecular weight is 397 g/mol. The summed E-state index contributed by atoms with van der Waals surface area (Å²) >= 11 is 0. The van der Waals surface area contributed by atoms with Crippen LogP contribution in [0.4, 0.5) is 0 Å². The first-order valence-electron chi connectivity index (χ1n) is 11.0. The molecule has 2 heterocycles. The molecule has 0 amide bonds. The molecule has 0 saturated carbocycles. The van der Waals surface area contributed by atoms with Crippen molar-refractivity contribution in [2.24, 2.45) is 4.99 Å². The monoisotopic (exact) mass is 396 g/mol. The highest BCUT2D eigenvalue weighted by atomic mass is 16.5. The number of benzene rings is 1. The molecule has 1 aromatic rings. The molecule has 29 heavy (non-hydrogen) atoms. The number of ether oxygens (including phenoxy) is 1. The Labute approximate surface area is 178 Å². The third kappa shape index (κ3) is 10.8. The number of rotatable bonds is 2. The van der Waals surface area contributed by atoms with E-state index in [9.17, 15) is 0 Å². The van der Waals surface area contributed by atoms with Crippen LogP contribution < -0.4 is 5.32 Å². The van der Waals surface area contributed by atoms with Crippen LogP contribution in [0.3, 0.4) is 0 Å². The fourth-order valence-electron chi connectivity index (χ4n) is 3.14. The molecule has 4 rings (SSSR count). The molecule has 0 unspecified atom stereocenters. The number of nitrogens with one attached hydrogen (secondary N) is 1. The minimum Gasteiger partial charge on any atom is -0.488 e. The van der Waals surface area contributed by atoms with E-state index in [1.165, 1.54) is 37.1 Å². The van der Waals surface area contributed by atoms with Crippen molar-refractivity contribution in [1.29, 1.82) is 0 Å². The Balaban J connectivity index is 0.000000263. The van der Waals surface area contributed by atoms with Crippen molar-refractivity contribution in [2.75, 3.05) is 19.6 Å². The molecule has 1 fully saturated rings. The maximum Gasteiger partial charge on any atom is 0.122 e. The summed E-state index contributed by atoms with van der Waals surface area (Å²) in [7, 11) is 0. The first kappa shape index (κ1) is 24.9. The van der Waals surface area contributed by atoms with Gasteiger partial charge in [0.05, 0.1) is 6.54 Å². The van der Waals surface area contributed by atoms with Crippen molar-refractivity contribution >= 4 is 6.72 Å². The quantitative estimate of drug-likeness (QED) is 0.579. The summed E-state index contributed by atoms with van der Waals surface area (Å²) in [5, 5.41) is 3.22. The van der Waals surface area contributed by atoms with E-state index in [0.29, 0.717) is 0 Å². The lowest BCUT2D eigenvalue weighted by molar-refractivity contribution is 0.0211. The lowest BCUT2D eigenvalue weighted by Crippen LogP contribution is -2.27. The van der Waals surface area contributed by atoms with Crippen LogP contribution in [-0.2, 0) is 4.74 Å². The predicted molar refractivity (Wildman–Crippen MR) is 128 cm³/mol. The molecule has 1 saturated heterocycles. The zero-order valence-electron chi connectivity index (χ0n) is 18.9. The smallest absolute Gasteiger partial charge is 0.122 e. The molecule has 3 heteroatoms. The molecule has 1 aliphatic carbocycles. The zero-order valence-corrected chi connectivity index (χ0v) is 18.9. The van der Waals surface area contributed by atoms with Crippen LogP contribution in [-0.4, -0.2) is 32.0 Å². The molecule has 160 valence electrons. The van der Waals surface area contributed by atoms with Crippen molar-refractivity contribution in [2.45, 2.75) is 65.4 Å². The molecule has 0 atom stereocenters. The maximum absolute atomic E-state index is 5.99. The van der Waals surface area contributed by atoms with Crippen molar-refractivity contribution in [3.8, 4) is 0 Å². The lowest BCUT2D eigenvalue weighted by atomic mass is 9.93. The average Bonchev–Trinajstić information content (AvgIpc) is 3.27. The fraction of sp³-hybridized carbons (Fsp3) is 0.500. The molecule has 0 radical (unpaired) electrons. The van der Waals surface area contributed by atoms with E-state index in [1.54, 1.807) is 0 Å². The normalized spacial score (nSPS) is 18.7. The molecule has 2 aliphatic heterocycles. The van der Waals surface area contributed by atoms with Gasteiger partial charge in [-0.2, -0.15) is 0 Å². The highest BCUT2D eigenvalue weighted by Gasteiger charge is 2.27. The standard InChI is InChI=1S/C14H19NO.C6H6.C4H9N.C2H6/c1-14(2)8-7-12-9-11(10-15-3)5-4-6-13(12)16-14;1-2-4-6-5-3-1;1-2-4-5-3-1;1-2/h4,6,9H,3,5,7-8,10H2,1-2H3;1-6H;5H,1-4H2;1-2H3. The van der Waals surface area contributed by atoms with Gasteiger partial charge in [0.15, 0.2) is 0 Å². The van der Waals surface area contributed by atoms with Crippen LogP contribution in [0.2, 0.25) is 0 Å². The fourth-order valence-corrected chi connectivity index (χ4v) is 3.14. The second kappa shape index (κ2) is 14.8. The van der Waals surface area contributed by atoms with Crippen molar-refractivity contribution < 1.29 is 4.74 Å². The third-order valence-electron chi connectivity index (χ3n) is 4.67. The van der Waals surface area contributed by atoms with Gasteiger partial charge in [-0.1, -0.05) is 62.4 Å². The number of hydrogen-bond donors (Lipinski definition) is 1. The van der Waals surface area contributed by atoms with Gasteiger partial charge in [0.2, 0.25) is 0 Å². The molecule has 3 nitrogen and oxygen atoms in total. The second-order valence-electron chi connectivity index (χ2n) is 7.65. The van der Waals surface area contributed by atoms with Gasteiger partial charge in [0, 0.05) is 0 Å². The molecule has 1 N–H and O–H groups in total. The maximum atomic E-state index is 5.99. The largest absolute Gasteiger partial charge is 0.488 e. The number of nitrogens with zero attached hydrogens (tertiary/aromatic N) is 1. The molecule has 1 aromatic carbocycles. The molecule has 0 bridgehead atoms. The van der Waals surface area contributed by atoms with Crippen LogP contribution in [0.15, 0.2) is 76.5 Å². The Hall–Kier alpha value is -2.13. The Kier molecular flexibility index (Phi) is 12.7. The van der Waals surface area contributed by atoms with Gasteiger partial charge in [-0.3, -0.25) is 4.99 Å². The van der Waals surface area contributed by atoms with Gasteiger partial charge in [-0.15, -0.1) is 0 Å². The van der Waals surface area contributed by atoms with E-state index in [2.05, 4.69) is 49.1 Å². The van der Waals surface area contributed by atoms with E-state index in [0.717, 1.165) is 31.6 Å². The summed E-state index contributed by atoms with van der Waals surface area (Å²) in [6, 6.07) is 12.0. The predicted octanol–water partition coefficient (Wildman–Crippen LogP) is 6.50. The van der Waals surface area contributed by atoms with E-state index in [4.69, 9.17) is 4.74 Å². The summed E-state index contributed by atoms with van der Waals surface area (Å²) in [6.07, 6.45) is 12.4. The molecular weight excluding hydrogens is 356 g/mol. The Morgan fingerprint density at radius 3 is 2.10 bits per heavy atom. The van der Waals surface area contributed by atoms with Gasteiger partial charge in [-0.05, 0) is 83.0 Å².